The molecule has 104 valence electrons. The quantitative estimate of drug-likeness (QED) is 0.634. The lowest BCUT2D eigenvalue weighted by Crippen LogP contribution is -2.12. The van der Waals surface area contributed by atoms with Crippen LogP contribution in [0.5, 0.6) is 5.75 Å². The van der Waals surface area contributed by atoms with Crippen LogP contribution in [0, 0.1) is 23.3 Å². The number of hydrogen-bond donors (Lipinski definition) is 0. The largest absolute Gasteiger partial charge is 0.485 e. The molecule has 0 bridgehead atoms. The van der Waals surface area contributed by atoms with Crippen molar-refractivity contribution in [3.05, 3.63) is 65.2 Å². The van der Waals surface area contributed by atoms with Gasteiger partial charge in [-0.1, -0.05) is 0 Å². The number of carbonyl (C=O) groups excluding carboxylic acids is 1. The van der Waals surface area contributed by atoms with Gasteiger partial charge in [-0.2, -0.15) is 0 Å². The molecule has 2 rings (SSSR count). The third-order valence-corrected chi connectivity index (χ3v) is 2.50. The Hall–Kier alpha value is -2.37. The second kappa shape index (κ2) is 5.73. The highest BCUT2D eigenvalue weighted by atomic mass is 19.2. The van der Waals surface area contributed by atoms with Gasteiger partial charge in [0, 0.05) is 11.6 Å². The summed E-state index contributed by atoms with van der Waals surface area (Å²) in [5, 5.41) is 0. The summed E-state index contributed by atoms with van der Waals surface area (Å²) < 4.78 is 56.2. The van der Waals surface area contributed by atoms with Crippen LogP contribution >= 0.6 is 0 Å². The van der Waals surface area contributed by atoms with Gasteiger partial charge in [-0.3, -0.25) is 4.79 Å². The van der Waals surface area contributed by atoms with E-state index in [2.05, 4.69) is 0 Å². The number of ketones is 1. The number of hydrogen-bond acceptors (Lipinski definition) is 2. The van der Waals surface area contributed by atoms with E-state index in [4.69, 9.17) is 4.74 Å². The molecule has 0 aliphatic rings. The molecule has 6 heteroatoms. The fourth-order valence-electron chi connectivity index (χ4n) is 1.47. The maximum Gasteiger partial charge on any atom is 0.200 e. The minimum atomic E-state index is -1.15. The molecule has 0 unspecified atom stereocenters. The molecule has 0 aliphatic carbocycles. The lowest BCUT2D eigenvalue weighted by Gasteiger charge is -2.06. The third-order valence-electron chi connectivity index (χ3n) is 2.50. The van der Waals surface area contributed by atoms with Gasteiger partial charge in [0.15, 0.2) is 35.7 Å². The van der Waals surface area contributed by atoms with Crippen LogP contribution in [-0.4, -0.2) is 12.4 Å². The van der Waals surface area contributed by atoms with Gasteiger partial charge in [-0.15, -0.1) is 0 Å². The van der Waals surface area contributed by atoms with E-state index in [1.165, 1.54) is 0 Å². The normalized spacial score (nSPS) is 10.4. The highest BCUT2D eigenvalue weighted by Crippen LogP contribution is 2.16. The minimum absolute atomic E-state index is 0.0418. The van der Waals surface area contributed by atoms with Crippen molar-refractivity contribution < 1.29 is 27.1 Å². The highest BCUT2D eigenvalue weighted by Gasteiger charge is 2.11. The van der Waals surface area contributed by atoms with Crippen LogP contribution < -0.4 is 4.74 Å². The van der Waals surface area contributed by atoms with E-state index in [0.29, 0.717) is 0 Å². The lowest BCUT2D eigenvalue weighted by atomic mass is 10.1. The van der Waals surface area contributed by atoms with Crippen molar-refractivity contribution in [1.29, 1.82) is 0 Å². The van der Waals surface area contributed by atoms with Crippen molar-refractivity contribution in [2.45, 2.75) is 0 Å². The van der Waals surface area contributed by atoms with Gasteiger partial charge in [0.1, 0.15) is 5.75 Å². The predicted molar refractivity (Wildman–Crippen MR) is 62.5 cm³/mol. The Labute approximate surface area is 111 Å². The fourth-order valence-corrected chi connectivity index (χ4v) is 1.47. The van der Waals surface area contributed by atoms with Gasteiger partial charge in [0.25, 0.3) is 0 Å². The summed E-state index contributed by atoms with van der Waals surface area (Å²) in [5.74, 6) is -5.02. The van der Waals surface area contributed by atoms with Crippen LogP contribution in [0.4, 0.5) is 17.6 Å². The number of rotatable bonds is 4. The lowest BCUT2D eigenvalue weighted by molar-refractivity contribution is 0.0920. The molecule has 0 N–H and O–H groups in total. The number of halogens is 4. The van der Waals surface area contributed by atoms with Gasteiger partial charge in [0.05, 0.1) is 0 Å². The standard InChI is InChI=1S/C14H8F4O2/c15-10-3-1-8(5-12(10)17)14(19)7-20-9-2-4-11(16)13(18)6-9/h1-6H,7H2. The Morgan fingerprint density at radius 1 is 0.850 bits per heavy atom. The number of ether oxygens (including phenoxy) is 1. The molecular weight excluding hydrogens is 276 g/mol. The first kappa shape index (κ1) is 14.0. The highest BCUT2D eigenvalue weighted by molar-refractivity contribution is 5.97. The molecule has 0 radical (unpaired) electrons. The van der Waals surface area contributed by atoms with Gasteiger partial charge >= 0.3 is 0 Å². The van der Waals surface area contributed by atoms with Crippen molar-refractivity contribution in [1.82, 2.24) is 0 Å². The van der Waals surface area contributed by atoms with Gasteiger partial charge in [-0.25, -0.2) is 17.6 Å². The fraction of sp³-hybridized carbons (Fsp3) is 0.0714. The second-order valence-electron chi connectivity index (χ2n) is 3.92. The zero-order valence-electron chi connectivity index (χ0n) is 10.00. The van der Waals surface area contributed by atoms with E-state index in [-0.39, 0.29) is 11.3 Å². The summed E-state index contributed by atoms with van der Waals surface area (Å²) in [7, 11) is 0. The molecule has 2 aromatic carbocycles. The zero-order valence-corrected chi connectivity index (χ0v) is 10.00. The Balaban J connectivity index is 2.04. The topological polar surface area (TPSA) is 26.3 Å². The third kappa shape index (κ3) is 3.14. The van der Waals surface area contributed by atoms with Crippen LogP contribution in [0.2, 0.25) is 0 Å². The van der Waals surface area contributed by atoms with Gasteiger partial charge in [0.2, 0.25) is 0 Å². The molecule has 0 heterocycles. The number of Topliss-reactive ketones (excluding diaryl/α,β-unsaturated/α-hetero) is 1. The van der Waals surface area contributed by atoms with Crippen LogP contribution in [0.3, 0.4) is 0 Å². The van der Waals surface area contributed by atoms with E-state index >= 15 is 0 Å². The Morgan fingerprint density at radius 2 is 1.45 bits per heavy atom. The molecule has 0 saturated heterocycles. The van der Waals surface area contributed by atoms with Crippen LogP contribution in [0.1, 0.15) is 10.4 Å². The maximum absolute atomic E-state index is 12.9. The molecule has 0 aromatic heterocycles. The first-order valence-electron chi connectivity index (χ1n) is 5.53. The van der Waals surface area contributed by atoms with Crippen molar-refractivity contribution in [3.63, 3.8) is 0 Å². The molecule has 0 saturated carbocycles. The second-order valence-corrected chi connectivity index (χ2v) is 3.92. The SMILES string of the molecule is O=C(COc1ccc(F)c(F)c1)c1ccc(F)c(F)c1. The van der Waals surface area contributed by atoms with Crippen molar-refractivity contribution in [2.24, 2.45) is 0 Å². The summed E-state index contributed by atoms with van der Waals surface area (Å²) in [6.45, 7) is -0.504. The Morgan fingerprint density at radius 3 is 2.05 bits per heavy atom. The van der Waals surface area contributed by atoms with E-state index in [1.54, 1.807) is 0 Å². The summed E-state index contributed by atoms with van der Waals surface area (Å²) >= 11 is 0. The number of carbonyl (C=O) groups is 1. The summed E-state index contributed by atoms with van der Waals surface area (Å²) in [5.41, 5.74) is -0.0773. The Kier molecular flexibility index (Phi) is 4.02. The molecular formula is C14H8F4O2. The molecule has 2 nitrogen and oxygen atoms in total. The van der Waals surface area contributed by atoms with Crippen molar-refractivity contribution in [2.75, 3.05) is 6.61 Å². The Bertz CT molecular complexity index is 656. The van der Waals surface area contributed by atoms with Gasteiger partial charge in [-0.05, 0) is 30.3 Å². The van der Waals surface area contributed by atoms with Crippen molar-refractivity contribution in [3.8, 4) is 5.75 Å². The molecule has 0 spiro atoms. The summed E-state index contributed by atoms with van der Waals surface area (Å²) in [6, 6.07) is 5.46. The first-order chi connectivity index (χ1) is 9.47. The molecule has 0 atom stereocenters. The van der Waals surface area contributed by atoms with Gasteiger partial charge < -0.3 is 4.74 Å². The molecule has 20 heavy (non-hydrogen) atoms. The van der Waals surface area contributed by atoms with E-state index in [1.807, 2.05) is 0 Å². The minimum Gasteiger partial charge on any atom is -0.485 e. The summed E-state index contributed by atoms with van der Waals surface area (Å²) in [4.78, 5) is 11.7. The molecule has 0 fully saturated rings. The van der Waals surface area contributed by atoms with Crippen LogP contribution in [0.25, 0.3) is 0 Å². The zero-order chi connectivity index (χ0) is 14.7. The first-order valence-corrected chi connectivity index (χ1v) is 5.53. The maximum atomic E-state index is 12.9. The monoisotopic (exact) mass is 284 g/mol. The predicted octanol–water partition coefficient (Wildman–Crippen LogP) is 3.50. The molecule has 0 amide bonds. The molecule has 2 aromatic rings. The van der Waals surface area contributed by atoms with Crippen LogP contribution in [-0.2, 0) is 0 Å². The average molecular weight is 284 g/mol. The summed E-state index contributed by atoms with van der Waals surface area (Å²) in [6.07, 6.45) is 0. The van der Waals surface area contributed by atoms with E-state index < -0.39 is 35.7 Å². The van der Waals surface area contributed by atoms with E-state index in [0.717, 1.165) is 36.4 Å². The number of benzene rings is 2. The van der Waals surface area contributed by atoms with Crippen LogP contribution in [0.15, 0.2) is 36.4 Å². The molecule has 0 aliphatic heterocycles. The van der Waals surface area contributed by atoms with E-state index in [9.17, 15) is 22.4 Å². The van der Waals surface area contributed by atoms with Crippen molar-refractivity contribution >= 4 is 5.78 Å². The average Bonchev–Trinajstić information content (AvgIpc) is 2.43. The smallest absolute Gasteiger partial charge is 0.200 e.